The Labute approximate surface area is 120 Å². The third kappa shape index (κ3) is 2.78. The monoisotopic (exact) mass is 289 g/mol. The number of anilines is 1. The van der Waals surface area contributed by atoms with E-state index in [0.717, 1.165) is 23.4 Å². The van der Waals surface area contributed by atoms with Crippen LogP contribution in [-0.2, 0) is 17.6 Å². The van der Waals surface area contributed by atoms with Gasteiger partial charge in [0.1, 0.15) is 0 Å². The third-order valence-electron chi connectivity index (χ3n) is 3.55. The van der Waals surface area contributed by atoms with Crippen molar-refractivity contribution in [3.8, 4) is 0 Å². The normalized spacial score (nSPS) is 14.7. The molecule has 5 heteroatoms. The molecule has 0 aliphatic carbocycles. The summed E-state index contributed by atoms with van der Waals surface area (Å²) in [6.45, 7) is 0. The molecule has 0 bridgehead atoms. The van der Waals surface area contributed by atoms with Crippen LogP contribution >= 0.6 is 0 Å². The summed E-state index contributed by atoms with van der Waals surface area (Å²) in [6.07, 6.45) is -0.366. The first-order valence-corrected chi connectivity index (χ1v) is 6.57. The fraction of sp³-hybridized carbons (Fsp3) is 0.188. The summed E-state index contributed by atoms with van der Waals surface area (Å²) < 4.78 is 26.0. The van der Waals surface area contributed by atoms with E-state index in [1.54, 1.807) is 18.2 Å². The molecule has 1 unspecified atom stereocenters. The van der Waals surface area contributed by atoms with E-state index in [4.69, 9.17) is 0 Å². The molecule has 0 saturated carbocycles. The van der Waals surface area contributed by atoms with Crippen LogP contribution < -0.4 is 5.32 Å². The second kappa shape index (κ2) is 5.26. The van der Waals surface area contributed by atoms with Gasteiger partial charge in [-0.05, 0) is 34.9 Å². The van der Waals surface area contributed by atoms with Gasteiger partial charge in [-0.25, -0.2) is 8.78 Å². The van der Waals surface area contributed by atoms with Crippen molar-refractivity contribution in [2.24, 2.45) is 0 Å². The molecule has 3 rings (SSSR count). The first kappa shape index (κ1) is 13.7. The Bertz CT molecular complexity index is 715. The molecule has 1 heterocycles. The van der Waals surface area contributed by atoms with E-state index in [9.17, 15) is 18.7 Å². The second-order valence-corrected chi connectivity index (χ2v) is 5.11. The van der Waals surface area contributed by atoms with E-state index in [0.29, 0.717) is 17.5 Å². The van der Waals surface area contributed by atoms with Crippen molar-refractivity contribution in [3.05, 3.63) is 64.7 Å². The average molecular weight is 289 g/mol. The maximum absolute atomic E-state index is 13.2. The van der Waals surface area contributed by atoms with E-state index < -0.39 is 17.7 Å². The van der Waals surface area contributed by atoms with Gasteiger partial charge in [0, 0.05) is 12.1 Å². The number of aliphatic hydroxyl groups excluding tert-OH is 1. The molecule has 108 valence electrons. The zero-order chi connectivity index (χ0) is 15.0. The van der Waals surface area contributed by atoms with E-state index in [-0.39, 0.29) is 12.3 Å². The smallest absolute Gasteiger partial charge is 0.228 e. The van der Waals surface area contributed by atoms with Gasteiger partial charge in [0.2, 0.25) is 5.91 Å². The molecule has 0 radical (unpaired) electrons. The Morgan fingerprint density at radius 2 is 1.95 bits per heavy atom. The summed E-state index contributed by atoms with van der Waals surface area (Å²) in [7, 11) is 0. The van der Waals surface area contributed by atoms with Gasteiger partial charge in [0.05, 0.1) is 12.5 Å². The van der Waals surface area contributed by atoms with Gasteiger partial charge >= 0.3 is 0 Å². The summed E-state index contributed by atoms with van der Waals surface area (Å²) in [5, 5.41) is 12.9. The van der Waals surface area contributed by atoms with Crippen molar-refractivity contribution in [1.82, 2.24) is 0 Å². The Hall–Kier alpha value is -2.27. The van der Waals surface area contributed by atoms with Crippen molar-refractivity contribution in [2.75, 3.05) is 5.32 Å². The lowest BCUT2D eigenvalue weighted by atomic mass is 9.99. The van der Waals surface area contributed by atoms with Crippen LogP contribution in [0.25, 0.3) is 0 Å². The quantitative estimate of drug-likeness (QED) is 0.912. The number of halogens is 2. The van der Waals surface area contributed by atoms with Crippen molar-refractivity contribution in [3.63, 3.8) is 0 Å². The molecule has 0 saturated heterocycles. The maximum atomic E-state index is 13.2. The van der Waals surface area contributed by atoms with Crippen molar-refractivity contribution in [1.29, 1.82) is 0 Å². The largest absolute Gasteiger partial charge is 0.388 e. The van der Waals surface area contributed by atoms with Gasteiger partial charge in [0.15, 0.2) is 11.6 Å². The predicted octanol–water partition coefficient (Wildman–Crippen LogP) is 2.74. The summed E-state index contributed by atoms with van der Waals surface area (Å²) >= 11 is 0. The van der Waals surface area contributed by atoms with Crippen molar-refractivity contribution < 1.29 is 18.7 Å². The van der Waals surface area contributed by atoms with Gasteiger partial charge in [-0.15, -0.1) is 0 Å². The molecule has 0 spiro atoms. The minimum absolute atomic E-state index is 0.0720. The number of aliphatic hydroxyl groups is 1. The van der Waals surface area contributed by atoms with E-state index in [1.807, 2.05) is 0 Å². The maximum Gasteiger partial charge on any atom is 0.228 e. The molecule has 2 aromatic carbocycles. The van der Waals surface area contributed by atoms with Gasteiger partial charge < -0.3 is 10.4 Å². The standard InChI is InChI=1S/C16H13F2NO2/c17-12-3-1-9(5-13(12)18)6-15(20)10-2-4-14-11(7-10)8-16(21)19-14/h1-5,7,15,20H,6,8H2,(H,19,21). The lowest BCUT2D eigenvalue weighted by Crippen LogP contribution is -2.03. The molecule has 0 fully saturated rings. The van der Waals surface area contributed by atoms with Crippen LogP contribution in [0, 0.1) is 11.6 Å². The number of nitrogens with one attached hydrogen (secondary N) is 1. The topological polar surface area (TPSA) is 49.3 Å². The Morgan fingerprint density at radius 3 is 2.71 bits per heavy atom. The number of hydrogen-bond acceptors (Lipinski definition) is 2. The lowest BCUT2D eigenvalue weighted by Gasteiger charge is -2.12. The first-order valence-electron chi connectivity index (χ1n) is 6.57. The summed E-state index contributed by atoms with van der Waals surface area (Å²) in [4.78, 5) is 11.3. The molecule has 1 aliphatic rings. The SMILES string of the molecule is O=C1Cc2cc(C(O)Cc3ccc(F)c(F)c3)ccc2N1. The Morgan fingerprint density at radius 1 is 1.14 bits per heavy atom. The number of fused-ring (bicyclic) bond motifs is 1. The number of benzene rings is 2. The minimum Gasteiger partial charge on any atom is -0.388 e. The minimum atomic E-state index is -0.927. The fourth-order valence-corrected chi connectivity index (χ4v) is 2.46. The van der Waals surface area contributed by atoms with Crippen LogP contribution in [0.2, 0.25) is 0 Å². The lowest BCUT2D eigenvalue weighted by molar-refractivity contribution is -0.115. The summed E-state index contributed by atoms with van der Waals surface area (Å²) in [6, 6.07) is 8.79. The fourth-order valence-electron chi connectivity index (χ4n) is 2.46. The molecular weight excluding hydrogens is 276 g/mol. The first-order chi connectivity index (χ1) is 10.0. The molecular formula is C16H13F2NO2. The van der Waals surface area contributed by atoms with Gasteiger partial charge in [-0.2, -0.15) is 0 Å². The molecule has 2 aromatic rings. The van der Waals surface area contributed by atoms with Crippen LogP contribution in [0.5, 0.6) is 0 Å². The Kier molecular flexibility index (Phi) is 3.43. The van der Waals surface area contributed by atoms with Crippen LogP contribution in [-0.4, -0.2) is 11.0 Å². The highest BCUT2D eigenvalue weighted by molar-refractivity contribution is 5.99. The van der Waals surface area contributed by atoms with Crippen molar-refractivity contribution in [2.45, 2.75) is 18.9 Å². The highest BCUT2D eigenvalue weighted by Crippen LogP contribution is 2.28. The number of rotatable bonds is 3. The van der Waals surface area contributed by atoms with Crippen LogP contribution in [0.4, 0.5) is 14.5 Å². The number of carbonyl (C=O) groups is 1. The molecule has 1 aliphatic heterocycles. The van der Waals surface area contributed by atoms with Gasteiger partial charge in [-0.1, -0.05) is 18.2 Å². The van der Waals surface area contributed by atoms with Gasteiger partial charge in [-0.3, -0.25) is 4.79 Å². The highest BCUT2D eigenvalue weighted by Gasteiger charge is 2.19. The van der Waals surface area contributed by atoms with Crippen LogP contribution in [0.1, 0.15) is 22.8 Å². The number of amides is 1. The van der Waals surface area contributed by atoms with E-state index in [2.05, 4.69) is 5.32 Å². The van der Waals surface area contributed by atoms with Crippen molar-refractivity contribution >= 4 is 11.6 Å². The van der Waals surface area contributed by atoms with Crippen LogP contribution in [0.15, 0.2) is 36.4 Å². The number of carbonyl (C=O) groups excluding carboxylic acids is 1. The van der Waals surface area contributed by atoms with Crippen LogP contribution in [0.3, 0.4) is 0 Å². The molecule has 1 amide bonds. The second-order valence-electron chi connectivity index (χ2n) is 5.11. The highest BCUT2D eigenvalue weighted by atomic mass is 19.2. The van der Waals surface area contributed by atoms with Gasteiger partial charge in [0.25, 0.3) is 0 Å². The summed E-state index contributed by atoms with van der Waals surface area (Å²) in [5.74, 6) is -1.91. The zero-order valence-corrected chi connectivity index (χ0v) is 11.1. The van der Waals surface area contributed by atoms with E-state index >= 15 is 0 Å². The molecule has 0 aromatic heterocycles. The Balaban J connectivity index is 1.79. The predicted molar refractivity (Wildman–Crippen MR) is 73.8 cm³/mol. The van der Waals surface area contributed by atoms with E-state index in [1.165, 1.54) is 6.07 Å². The molecule has 1 atom stereocenters. The molecule has 3 nitrogen and oxygen atoms in total. The summed E-state index contributed by atoms with van der Waals surface area (Å²) in [5.41, 5.74) is 2.75. The molecule has 2 N–H and O–H groups in total. The zero-order valence-electron chi connectivity index (χ0n) is 11.1. The third-order valence-corrected chi connectivity index (χ3v) is 3.55. The number of hydrogen-bond donors (Lipinski definition) is 2. The average Bonchev–Trinajstić information content (AvgIpc) is 2.82. The molecule has 21 heavy (non-hydrogen) atoms.